The zero-order chi connectivity index (χ0) is 11.7. The summed E-state index contributed by atoms with van der Waals surface area (Å²) in [7, 11) is -3.66. The van der Waals surface area contributed by atoms with Crippen LogP contribution in [0.1, 0.15) is 25.7 Å². The summed E-state index contributed by atoms with van der Waals surface area (Å²) in [4.78, 5) is 0. The number of hydrogen-bond donors (Lipinski definition) is 0. The van der Waals surface area contributed by atoms with E-state index in [1.54, 1.807) is 0 Å². The number of rotatable bonds is 2. The van der Waals surface area contributed by atoms with Gasteiger partial charge in [0, 0.05) is 0 Å². The molecule has 0 heterocycles. The van der Waals surface area contributed by atoms with E-state index in [4.69, 9.17) is 0 Å². The Kier molecular flexibility index (Phi) is 3.65. The summed E-state index contributed by atoms with van der Waals surface area (Å²) in [5.74, 6) is -1.43. The van der Waals surface area contributed by atoms with Gasteiger partial charge in [-0.25, -0.2) is 0 Å². The Morgan fingerprint density at radius 2 is 1.87 bits per heavy atom. The quantitative estimate of drug-likeness (QED) is 0.701. The van der Waals surface area contributed by atoms with Crippen molar-refractivity contribution in [3.8, 4) is 0 Å². The van der Waals surface area contributed by atoms with Crippen LogP contribution in [0.15, 0.2) is 0 Å². The normalized spacial score (nSPS) is 29.1. The summed E-state index contributed by atoms with van der Waals surface area (Å²) in [6, 6.07) is 0. The highest BCUT2D eigenvalue weighted by Gasteiger charge is 2.42. The van der Waals surface area contributed by atoms with E-state index in [-0.39, 0.29) is 12.8 Å². The highest BCUT2D eigenvalue weighted by atomic mass is 32.2. The molecule has 0 aromatic carbocycles. The Hall–Kier alpha value is -0.300. The zero-order valence-electron chi connectivity index (χ0n) is 8.25. The van der Waals surface area contributed by atoms with Crippen molar-refractivity contribution < 1.29 is 25.8 Å². The molecule has 0 bridgehead atoms. The Labute approximate surface area is 86.7 Å². The van der Waals surface area contributed by atoms with Gasteiger partial charge in [-0.05, 0) is 19.3 Å². The summed E-state index contributed by atoms with van der Waals surface area (Å²) in [5, 5.41) is 0. The average molecular weight is 246 g/mol. The van der Waals surface area contributed by atoms with Crippen LogP contribution in [-0.4, -0.2) is 27.0 Å². The molecule has 0 aromatic rings. The zero-order valence-corrected chi connectivity index (χ0v) is 9.07. The monoisotopic (exact) mass is 246 g/mol. The molecular weight excluding hydrogens is 233 g/mol. The minimum absolute atomic E-state index is 0.0626. The number of alkyl halides is 3. The molecule has 0 radical (unpaired) electrons. The second kappa shape index (κ2) is 4.29. The summed E-state index contributed by atoms with van der Waals surface area (Å²) in [6.45, 7) is 0. The van der Waals surface area contributed by atoms with Gasteiger partial charge >= 0.3 is 6.18 Å². The van der Waals surface area contributed by atoms with Crippen molar-refractivity contribution in [2.24, 2.45) is 5.92 Å². The van der Waals surface area contributed by atoms with Crippen LogP contribution < -0.4 is 0 Å². The number of hydrogen-bond acceptors (Lipinski definition) is 3. The van der Waals surface area contributed by atoms with Gasteiger partial charge in [0.25, 0.3) is 10.1 Å². The molecule has 1 fully saturated rings. The van der Waals surface area contributed by atoms with Gasteiger partial charge in [-0.15, -0.1) is 0 Å². The molecule has 0 amide bonds. The first kappa shape index (κ1) is 12.8. The van der Waals surface area contributed by atoms with Gasteiger partial charge in [0.15, 0.2) is 0 Å². The lowest BCUT2D eigenvalue weighted by atomic mass is 9.87. The van der Waals surface area contributed by atoms with E-state index in [1.165, 1.54) is 0 Å². The average Bonchev–Trinajstić information content (AvgIpc) is 1.99. The minimum atomic E-state index is -4.25. The molecule has 15 heavy (non-hydrogen) atoms. The summed E-state index contributed by atoms with van der Waals surface area (Å²) in [5.41, 5.74) is 0. The Morgan fingerprint density at radius 1 is 1.27 bits per heavy atom. The fourth-order valence-electron chi connectivity index (χ4n) is 1.78. The maximum atomic E-state index is 12.3. The van der Waals surface area contributed by atoms with Crippen molar-refractivity contribution in [3.05, 3.63) is 0 Å². The van der Waals surface area contributed by atoms with E-state index in [0.717, 1.165) is 6.26 Å². The summed E-state index contributed by atoms with van der Waals surface area (Å²) >= 11 is 0. The van der Waals surface area contributed by atoms with E-state index >= 15 is 0 Å². The smallest absolute Gasteiger partial charge is 0.267 e. The lowest BCUT2D eigenvalue weighted by Gasteiger charge is -2.29. The van der Waals surface area contributed by atoms with Crippen LogP contribution in [0, 0.1) is 5.92 Å². The largest absolute Gasteiger partial charge is 0.391 e. The number of halogens is 3. The second-order valence-electron chi connectivity index (χ2n) is 3.83. The molecule has 1 rings (SSSR count). The van der Waals surface area contributed by atoms with Crippen molar-refractivity contribution >= 4 is 10.1 Å². The third-order valence-corrected chi connectivity index (χ3v) is 3.02. The van der Waals surface area contributed by atoms with Gasteiger partial charge < -0.3 is 0 Å². The van der Waals surface area contributed by atoms with E-state index in [1.807, 2.05) is 0 Å². The van der Waals surface area contributed by atoms with Gasteiger partial charge in [0.1, 0.15) is 0 Å². The third kappa shape index (κ3) is 4.38. The van der Waals surface area contributed by atoms with E-state index in [2.05, 4.69) is 4.18 Å². The molecular formula is C8H13F3O3S. The third-order valence-electron chi connectivity index (χ3n) is 2.40. The summed E-state index contributed by atoms with van der Waals surface area (Å²) in [6.07, 6.45) is -3.68. The van der Waals surface area contributed by atoms with Crippen LogP contribution in [0.5, 0.6) is 0 Å². The first-order valence-electron chi connectivity index (χ1n) is 4.63. The maximum Gasteiger partial charge on any atom is 0.391 e. The fraction of sp³-hybridized carbons (Fsp3) is 1.00. The standard InChI is InChI=1S/C8H13F3O3S/c1-15(12,13)14-7-4-2-3-6(5-7)8(9,10)11/h6-7H,2-5H2,1H3. The molecule has 0 N–H and O–H groups in total. The molecule has 1 saturated carbocycles. The molecule has 1 aliphatic carbocycles. The predicted molar refractivity (Wildman–Crippen MR) is 47.7 cm³/mol. The molecule has 0 aromatic heterocycles. The van der Waals surface area contributed by atoms with Crippen LogP contribution in [-0.2, 0) is 14.3 Å². The Bertz CT molecular complexity index is 310. The van der Waals surface area contributed by atoms with Gasteiger partial charge in [-0.2, -0.15) is 21.6 Å². The summed E-state index contributed by atoms with van der Waals surface area (Å²) < 4.78 is 63.1. The van der Waals surface area contributed by atoms with E-state index in [9.17, 15) is 21.6 Å². The maximum absolute atomic E-state index is 12.3. The van der Waals surface area contributed by atoms with Crippen LogP contribution in [0.4, 0.5) is 13.2 Å². The van der Waals surface area contributed by atoms with Crippen molar-refractivity contribution in [1.82, 2.24) is 0 Å². The lowest BCUT2D eigenvalue weighted by Crippen LogP contribution is -2.33. The van der Waals surface area contributed by atoms with Gasteiger partial charge in [-0.3, -0.25) is 4.18 Å². The van der Waals surface area contributed by atoms with Gasteiger partial charge in [0.2, 0.25) is 0 Å². The molecule has 0 aliphatic heterocycles. The van der Waals surface area contributed by atoms with Gasteiger partial charge in [0.05, 0.1) is 18.3 Å². The first-order chi connectivity index (χ1) is 6.68. The molecule has 2 atom stereocenters. The van der Waals surface area contributed by atoms with Crippen molar-refractivity contribution in [3.63, 3.8) is 0 Å². The molecule has 90 valence electrons. The van der Waals surface area contributed by atoms with Crippen molar-refractivity contribution in [2.45, 2.75) is 38.0 Å². The van der Waals surface area contributed by atoms with Crippen LogP contribution in [0.2, 0.25) is 0 Å². The predicted octanol–water partition coefficient (Wildman–Crippen LogP) is 2.08. The molecule has 3 nitrogen and oxygen atoms in total. The lowest BCUT2D eigenvalue weighted by molar-refractivity contribution is -0.188. The second-order valence-corrected chi connectivity index (χ2v) is 5.43. The van der Waals surface area contributed by atoms with Crippen LogP contribution in [0.25, 0.3) is 0 Å². The SMILES string of the molecule is CS(=O)(=O)OC1CCCC(C(F)(F)F)C1. The molecule has 2 unspecified atom stereocenters. The highest BCUT2D eigenvalue weighted by Crippen LogP contribution is 2.38. The Morgan fingerprint density at radius 3 is 2.33 bits per heavy atom. The minimum Gasteiger partial charge on any atom is -0.267 e. The van der Waals surface area contributed by atoms with Crippen molar-refractivity contribution in [1.29, 1.82) is 0 Å². The van der Waals surface area contributed by atoms with Crippen LogP contribution in [0.3, 0.4) is 0 Å². The van der Waals surface area contributed by atoms with Crippen LogP contribution >= 0.6 is 0 Å². The highest BCUT2D eigenvalue weighted by molar-refractivity contribution is 7.86. The molecule has 0 spiro atoms. The fourth-order valence-corrected chi connectivity index (χ4v) is 2.45. The first-order valence-corrected chi connectivity index (χ1v) is 6.45. The van der Waals surface area contributed by atoms with E-state index < -0.39 is 28.3 Å². The molecule has 0 saturated heterocycles. The van der Waals surface area contributed by atoms with Gasteiger partial charge in [-0.1, -0.05) is 6.42 Å². The molecule has 7 heteroatoms. The topological polar surface area (TPSA) is 43.4 Å². The van der Waals surface area contributed by atoms with E-state index in [0.29, 0.717) is 12.8 Å². The Balaban J connectivity index is 2.57. The molecule has 1 aliphatic rings. The van der Waals surface area contributed by atoms with Crippen molar-refractivity contribution in [2.75, 3.05) is 6.26 Å².